The maximum absolute atomic E-state index is 10.4. The lowest BCUT2D eigenvalue weighted by Crippen LogP contribution is -2.01. The topological polar surface area (TPSA) is 58.1 Å². The van der Waals surface area contributed by atoms with Crippen LogP contribution >= 0.6 is 11.3 Å². The highest BCUT2D eigenvalue weighted by molar-refractivity contribution is 7.10. The molecule has 0 saturated heterocycles. The number of aliphatic hydroxyl groups excluding tert-OH is 1. The summed E-state index contributed by atoms with van der Waals surface area (Å²) >= 11 is 1.53. The van der Waals surface area contributed by atoms with Gasteiger partial charge >= 0.3 is 0 Å². The number of rotatable bonds is 4. The molecule has 0 aliphatic rings. The van der Waals surface area contributed by atoms with Crippen molar-refractivity contribution in [3.63, 3.8) is 0 Å². The molecule has 5 heteroatoms. The van der Waals surface area contributed by atoms with Crippen molar-refractivity contribution in [2.45, 2.75) is 13.0 Å². The minimum atomic E-state index is -0.718. The van der Waals surface area contributed by atoms with E-state index in [2.05, 4.69) is 9.97 Å². The molecule has 2 heterocycles. The molecule has 4 nitrogen and oxygen atoms in total. The van der Waals surface area contributed by atoms with Crippen LogP contribution in [0.2, 0.25) is 0 Å². The number of benzene rings is 1. The summed E-state index contributed by atoms with van der Waals surface area (Å²) in [6, 6.07) is 9.72. The van der Waals surface area contributed by atoms with Crippen molar-refractivity contribution in [2.75, 3.05) is 7.11 Å². The molecule has 0 aliphatic heterocycles. The molecule has 1 atom stereocenters. The number of methoxy groups -OCH3 is 1. The Balaban J connectivity index is 1.91. The fourth-order valence-electron chi connectivity index (χ4n) is 2.20. The van der Waals surface area contributed by atoms with Crippen LogP contribution in [0.3, 0.4) is 0 Å². The van der Waals surface area contributed by atoms with Gasteiger partial charge in [0.25, 0.3) is 0 Å². The number of hydrogen-bond acceptors (Lipinski definition) is 4. The number of aromatic nitrogens is 2. The average molecular weight is 300 g/mol. The molecule has 0 radical (unpaired) electrons. The van der Waals surface area contributed by atoms with Crippen molar-refractivity contribution in [1.29, 1.82) is 0 Å². The molecule has 2 N–H and O–H groups in total. The molecule has 0 aliphatic carbocycles. The summed E-state index contributed by atoms with van der Waals surface area (Å²) in [5.74, 6) is 1.34. The van der Waals surface area contributed by atoms with Gasteiger partial charge in [0.15, 0.2) is 0 Å². The van der Waals surface area contributed by atoms with Crippen LogP contribution in [0.5, 0.6) is 5.75 Å². The standard InChI is InChI=1S/C16H16N2O2S/c1-10-6-7-21-15(10)14(19)16-17-9-13(18-16)11-4-3-5-12(8-11)20-2/h3-9,14,19H,1-2H3,(H,17,18). The highest BCUT2D eigenvalue weighted by Crippen LogP contribution is 2.29. The molecule has 1 aromatic carbocycles. The zero-order valence-electron chi connectivity index (χ0n) is 11.8. The lowest BCUT2D eigenvalue weighted by molar-refractivity contribution is 0.214. The second-order valence-electron chi connectivity index (χ2n) is 4.78. The van der Waals surface area contributed by atoms with Crippen LogP contribution in [-0.2, 0) is 0 Å². The van der Waals surface area contributed by atoms with Gasteiger partial charge in [-0.05, 0) is 36.1 Å². The average Bonchev–Trinajstić information content (AvgIpc) is 3.15. The number of thiophene rings is 1. The van der Waals surface area contributed by atoms with Crippen molar-refractivity contribution in [3.8, 4) is 17.0 Å². The predicted molar refractivity (Wildman–Crippen MR) is 83.7 cm³/mol. The summed E-state index contributed by atoms with van der Waals surface area (Å²) in [5, 5.41) is 12.4. The van der Waals surface area contributed by atoms with Crippen LogP contribution in [0.15, 0.2) is 41.9 Å². The van der Waals surface area contributed by atoms with Crippen LogP contribution in [0, 0.1) is 6.92 Å². The van der Waals surface area contributed by atoms with Crippen LogP contribution in [0.1, 0.15) is 22.4 Å². The van der Waals surface area contributed by atoms with Crippen molar-refractivity contribution in [1.82, 2.24) is 9.97 Å². The Bertz CT molecular complexity index is 748. The van der Waals surface area contributed by atoms with Crippen molar-refractivity contribution in [2.24, 2.45) is 0 Å². The Labute approximate surface area is 127 Å². The molecule has 108 valence electrons. The van der Waals surface area contributed by atoms with Crippen LogP contribution in [-0.4, -0.2) is 22.2 Å². The zero-order valence-corrected chi connectivity index (χ0v) is 12.6. The molecule has 0 saturated carbocycles. The molecule has 3 aromatic rings. The monoisotopic (exact) mass is 300 g/mol. The van der Waals surface area contributed by atoms with Crippen molar-refractivity contribution in [3.05, 3.63) is 58.2 Å². The van der Waals surface area contributed by atoms with Gasteiger partial charge in [-0.2, -0.15) is 0 Å². The first kappa shape index (κ1) is 13.9. The normalized spacial score (nSPS) is 12.3. The number of aryl methyl sites for hydroxylation is 1. The van der Waals surface area contributed by atoms with E-state index in [4.69, 9.17) is 4.74 Å². The second-order valence-corrected chi connectivity index (χ2v) is 5.73. The van der Waals surface area contributed by atoms with E-state index in [-0.39, 0.29) is 0 Å². The first-order chi connectivity index (χ1) is 10.2. The Morgan fingerprint density at radius 1 is 1.33 bits per heavy atom. The van der Waals surface area contributed by atoms with Gasteiger partial charge in [0, 0.05) is 10.4 Å². The molecular formula is C16H16N2O2S. The smallest absolute Gasteiger partial charge is 0.146 e. The molecule has 0 fully saturated rings. The molecule has 1 unspecified atom stereocenters. The summed E-state index contributed by atoms with van der Waals surface area (Å²) in [6.45, 7) is 1.99. The van der Waals surface area contributed by atoms with Crippen molar-refractivity contribution >= 4 is 11.3 Å². The predicted octanol–water partition coefficient (Wildman–Crippen LogP) is 3.54. The number of hydrogen-bond donors (Lipinski definition) is 2. The number of aliphatic hydroxyl groups is 1. The van der Waals surface area contributed by atoms with Gasteiger partial charge in [-0.1, -0.05) is 12.1 Å². The molecule has 0 spiro atoms. The van der Waals surface area contributed by atoms with Crippen molar-refractivity contribution < 1.29 is 9.84 Å². The van der Waals surface area contributed by atoms with Gasteiger partial charge in [0.1, 0.15) is 17.7 Å². The minimum absolute atomic E-state index is 0.554. The Kier molecular flexibility index (Phi) is 3.77. The van der Waals surface area contributed by atoms with Crippen LogP contribution < -0.4 is 4.74 Å². The Morgan fingerprint density at radius 3 is 2.90 bits per heavy atom. The number of ether oxygens (including phenoxy) is 1. The van der Waals surface area contributed by atoms with E-state index in [1.54, 1.807) is 13.3 Å². The highest BCUT2D eigenvalue weighted by atomic mass is 32.1. The number of nitrogens with one attached hydrogen (secondary N) is 1. The summed E-state index contributed by atoms with van der Waals surface area (Å²) < 4.78 is 5.22. The summed E-state index contributed by atoms with van der Waals surface area (Å²) in [7, 11) is 1.64. The largest absolute Gasteiger partial charge is 0.497 e. The zero-order chi connectivity index (χ0) is 14.8. The van der Waals surface area contributed by atoms with Crippen LogP contribution in [0.4, 0.5) is 0 Å². The maximum Gasteiger partial charge on any atom is 0.146 e. The molecule has 0 amide bonds. The SMILES string of the molecule is COc1cccc(-c2cnc(C(O)c3sccc3C)[nH]2)c1. The lowest BCUT2D eigenvalue weighted by atomic mass is 10.1. The van der Waals surface area contributed by atoms with Crippen LogP contribution in [0.25, 0.3) is 11.3 Å². The van der Waals surface area contributed by atoms with E-state index in [9.17, 15) is 5.11 Å². The highest BCUT2D eigenvalue weighted by Gasteiger charge is 2.17. The van der Waals surface area contributed by atoms with E-state index in [1.165, 1.54) is 11.3 Å². The van der Waals surface area contributed by atoms with E-state index in [0.717, 1.165) is 27.4 Å². The van der Waals surface area contributed by atoms with E-state index in [1.807, 2.05) is 42.6 Å². The Morgan fingerprint density at radius 2 is 2.19 bits per heavy atom. The number of H-pyrrole nitrogens is 1. The number of nitrogens with zero attached hydrogens (tertiary/aromatic N) is 1. The van der Waals surface area contributed by atoms with E-state index in [0.29, 0.717) is 5.82 Å². The number of imidazole rings is 1. The lowest BCUT2D eigenvalue weighted by Gasteiger charge is -2.07. The van der Waals surface area contributed by atoms with Gasteiger partial charge in [-0.15, -0.1) is 11.3 Å². The van der Waals surface area contributed by atoms with E-state index < -0.39 is 6.10 Å². The third-order valence-corrected chi connectivity index (χ3v) is 4.46. The molecule has 3 rings (SSSR count). The molecule has 21 heavy (non-hydrogen) atoms. The fourth-order valence-corrected chi connectivity index (χ4v) is 3.11. The van der Waals surface area contributed by atoms with Gasteiger partial charge in [0.05, 0.1) is 19.0 Å². The third-order valence-electron chi connectivity index (χ3n) is 3.39. The maximum atomic E-state index is 10.4. The van der Waals surface area contributed by atoms with Gasteiger partial charge < -0.3 is 14.8 Å². The third kappa shape index (κ3) is 2.70. The molecular weight excluding hydrogens is 284 g/mol. The number of aromatic amines is 1. The van der Waals surface area contributed by atoms with Gasteiger partial charge in [-0.3, -0.25) is 0 Å². The Hall–Kier alpha value is -2.11. The van der Waals surface area contributed by atoms with Gasteiger partial charge in [0.2, 0.25) is 0 Å². The first-order valence-electron chi connectivity index (χ1n) is 6.60. The quantitative estimate of drug-likeness (QED) is 0.775. The molecule has 2 aromatic heterocycles. The van der Waals surface area contributed by atoms with E-state index >= 15 is 0 Å². The first-order valence-corrected chi connectivity index (χ1v) is 7.48. The molecule has 0 bridgehead atoms. The summed E-state index contributed by atoms with van der Waals surface area (Å²) in [4.78, 5) is 8.41. The minimum Gasteiger partial charge on any atom is -0.497 e. The second kappa shape index (κ2) is 5.71. The summed E-state index contributed by atoms with van der Waals surface area (Å²) in [6.07, 6.45) is 1.01. The summed E-state index contributed by atoms with van der Waals surface area (Å²) in [5.41, 5.74) is 2.91. The fraction of sp³-hybridized carbons (Fsp3) is 0.188. The van der Waals surface area contributed by atoms with Gasteiger partial charge in [-0.25, -0.2) is 4.98 Å².